The summed E-state index contributed by atoms with van der Waals surface area (Å²) < 4.78 is 63.1. The van der Waals surface area contributed by atoms with E-state index in [4.69, 9.17) is 11.6 Å². The van der Waals surface area contributed by atoms with Crippen LogP contribution in [0.1, 0.15) is 5.56 Å². The summed E-state index contributed by atoms with van der Waals surface area (Å²) in [5, 5.41) is 2.37. The van der Waals surface area contributed by atoms with Gasteiger partial charge >= 0.3 is 6.18 Å². The third-order valence-corrected chi connectivity index (χ3v) is 4.74. The topological polar surface area (TPSA) is 46.2 Å². The molecule has 0 aliphatic carbocycles. The van der Waals surface area contributed by atoms with Crippen LogP contribution < -0.4 is 5.32 Å². The van der Waals surface area contributed by atoms with Gasteiger partial charge in [0.2, 0.25) is 0 Å². The maximum atomic E-state index is 13.4. The molecule has 0 amide bonds. The van der Waals surface area contributed by atoms with Crippen molar-refractivity contribution in [1.29, 1.82) is 0 Å². The van der Waals surface area contributed by atoms with Crippen LogP contribution in [0.5, 0.6) is 0 Å². The van der Waals surface area contributed by atoms with E-state index < -0.39 is 21.6 Å². The van der Waals surface area contributed by atoms with Crippen molar-refractivity contribution in [3.8, 4) is 11.1 Å². The highest BCUT2D eigenvalue weighted by atomic mass is 35.5. The number of halogens is 4. The molecule has 0 heterocycles. The van der Waals surface area contributed by atoms with Crippen LogP contribution in [0.4, 0.5) is 18.9 Å². The van der Waals surface area contributed by atoms with Crippen LogP contribution >= 0.6 is 23.8 Å². The van der Waals surface area contributed by atoms with Crippen LogP contribution in [0.2, 0.25) is 5.02 Å². The van der Waals surface area contributed by atoms with E-state index in [9.17, 15) is 21.6 Å². The first-order chi connectivity index (χ1) is 11.0. The van der Waals surface area contributed by atoms with Crippen LogP contribution in [-0.4, -0.2) is 20.2 Å². The Hall–Kier alpha value is -1.64. The van der Waals surface area contributed by atoms with Gasteiger partial charge in [0.05, 0.1) is 21.0 Å². The molecule has 0 fully saturated rings. The summed E-state index contributed by atoms with van der Waals surface area (Å²) in [6.07, 6.45) is -3.63. The Balaban J connectivity index is 2.67. The Morgan fingerprint density at radius 3 is 2.21 bits per heavy atom. The molecule has 0 bridgehead atoms. The lowest BCUT2D eigenvalue weighted by Crippen LogP contribution is -2.09. The minimum atomic E-state index is -4.65. The number of alkyl halides is 3. The van der Waals surface area contributed by atoms with Crippen LogP contribution in [0.25, 0.3) is 11.1 Å². The van der Waals surface area contributed by atoms with E-state index in [-0.39, 0.29) is 26.7 Å². The van der Waals surface area contributed by atoms with Crippen molar-refractivity contribution in [2.75, 3.05) is 11.6 Å². The fourth-order valence-corrected chi connectivity index (χ4v) is 3.24. The minimum Gasteiger partial charge on any atom is -0.353 e. The van der Waals surface area contributed by atoms with Crippen molar-refractivity contribution < 1.29 is 21.6 Å². The van der Waals surface area contributed by atoms with E-state index in [1.165, 1.54) is 30.3 Å². The fraction of sp³-hybridized carbons (Fsp3) is 0.133. The molecule has 0 aliphatic rings. The molecule has 9 heteroatoms. The van der Waals surface area contributed by atoms with Crippen LogP contribution in [0.3, 0.4) is 0 Å². The number of thiocarbonyl (C=S) groups is 1. The predicted molar refractivity (Wildman–Crippen MR) is 92.3 cm³/mol. The fourth-order valence-electron chi connectivity index (χ4n) is 2.14. The Labute approximate surface area is 147 Å². The Kier molecular flexibility index (Phi) is 5.22. The smallest absolute Gasteiger partial charge is 0.353 e. The molecule has 0 spiro atoms. The molecule has 3 nitrogen and oxygen atoms in total. The quantitative estimate of drug-likeness (QED) is 0.758. The molecule has 128 valence electrons. The van der Waals surface area contributed by atoms with Gasteiger partial charge in [-0.15, -0.1) is 0 Å². The first-order valence-electron chi connectivity index (χ1n) is 6.45. The molecule has 0 saturated carbocycles. The van der Waals surface area contributed by atoms with Gasteiger partial charge in [0, 0.05) is 17.5 Å². The van der Waals surface area contributed by atoms with E-state index in [1.54, 1.807) is 0 Å². The van der Waals surface area contributed by atoms with Crippen molar-refractivity contribution in [1.82, 2.24) is 0 Å². The molecule has 0 aliphatic heterocycles. The molecular formula is C15H11ClF3NO2S2. The van der Waals surface area contributed by atoms with Crippen molar-refractivity contribution in [3.63, 3.8) is 0 Å². The summed E-state index contributed by atoms with van der Waals surface area (Å²) in [5.41, 5.74) is 0.180. The summed E-state index contributed by atoms with van der Waals surface area (Å²) in [6.45, 7) is 0. The normalized spacial score (nSPS) is 12.0. The predicted octanol–water partition coefficient (Wildman–Crippen LogP) is 4.80. The standard InChI is InChI=1S/C15H11ClF3NO2S2/c1-24(21,22)11-4-2-9(3-5-11)14-12(15(17,18)19)6-10(20-8-23)7-13(14)16/h2-8H,1H3,(H,20,23). The number of rotatable bonds is 4. The molecular weight excluding hydrogens is 383 g/mol. The Morgan fingerprint density at radius 1 is 1.17 bits per heavy atom. The minimum absolute atomic E-state index is 0.00919. The lowest BCUT2D eigenvalue weighted by molar-refractivity contribution is -0.137. The van der Waals surface area contributed by atoms with E-state index in [0.717, 1.165) is 17.8 Å². The van der Waals surface area contributed by atoms with E-state index >= 15 is 0 Å². The second kappa shape index (κ2) is 6.70. The van der Waals surface area contributed by atoms with Crippen molar-refractivity contribution in [3.05, 3.63) is 47.0 Å². The Morgan fingerprint density at radius 2 is 1.75 bits per heavy atom. The lowest BCUT2D eigenvalue weighted by atomic mass is 9.98. The molecule has 1 N–H and O–H groups in total. The van der Waals surface area contributed by atoms with E-state index in [0.29, 0.717) is 0 Å². The van der Waals surface area contributed by atoms with Crippen molar-refractivity contribution >= 4 is 44.8 Å². The molecule has 2 aromatic carbocycles. The van der Waals surface area contributed by atoms with Crippen molar-refractivity contribution in [2.45, 2.75) is 11.1 Å². The maximum absolute atomic E-state index is 13.4. The summed E-state index contributed by atoms with van der Waals surface area (Å²) in [7, 11) is -3.45. The zero-order chi connectivity index (χ0) is 18.1. The van der Waals surface area contributed by atoms with Gasteiger partial charge in [-0.05, 0) is 29.8 Å². The first-order valence-corrected chi connectivity index (χ1v) is 9.19. The molecule has 2 aromatic rings. The third kappa shape index (κ3) is 4.06. The van der Waals surface area contributed by atoms with Crippen molar-refractivity contribution in [2.24, 2.45) is 0 Å². The summed E-state index contributed by atoms with van der Waals surface area (Å²) in [6, 6.07) is 7.28. The summed E-state index contributed by atoms with van der Waals surface area (Å²) in [4.78, 5) is 0.00919. The molecule has 0 atom stereocenters. The summed E-state index contributed by atoms with van der Waals surface area (Å²) >= 11 is 10.6. The average Bonchev–Trinajstić information content (AvgIpc) is 2.45. The molecule has 0 radical (unpaired) electrons. The van der Waals surface area contributed by atoms with Crippen LogP contribution in [0, 0.1) is 0 Å². The SMILES string of the molecule is CS(=O)(=O)c1ccc(-c2c(Cl)cc(NC=S)cc2C(F)(F)F)cc1. The first kappa shape index (κ1) is 18.7. The van der Waals surface area contributed by atoms with Gasteiger partial charge in [-0.25, -0.2) is 8.42 Å². The number of benzene rings is 2. The van der Waals surface area contributed by atoms with Gasteiger partial charge in [-0.1, -0.05) is 36.0 Å². The molecule has 24 heavy (non-hydrogen) atoms. The number of hydrogen-bond donors (Lipinski definition) is 1. The van der Waals surface area contributed by atoms with Gasteiger partial charge in [0.1, 0.15) is 0 Å². The van der Waals surface area contributed by atoms with Gasteiger partial charge in [0.15, 0.2) is 9.84 Å². The molecule has 0 saturated heterocycles. The summed E-state index contributed by atoms with van der Waals surface area (Å²) in [5.74, 6) is 0. The number of sulfone groups is 1. The molecule has 0 unspecified atom stereocenters. The highest BCUT2D eigenvalue weighted by Gasteiger charge is 2.35. The zero-order valence-electron chi connectivity index (χ0n) is 12.2. The monoisotopic (exact) mass is 393 g/mol. The number of hydrogen-bond acceptors (Lipinski definition) is 3. The van der Waals surface area contributed by atoms with Gasteiger partial charge in [-0.2, -0.15) is 13.2 Å². The number of anilines is 1. The number of nitrogens with one attached hydrogen (secondary N) is 1. The lowest BCUT2D eigenvalue weighted by Gasteiger charge is -2.17. The van der Waals surface area contributed by atoms with E-state index in [2.05, 4.69) is 17.5 Å². The third-order valence-electron chi connectivity index (χ3n) is 3.19. The van der Waals surface area contributed by atoms with Gasteiger partial charge in [0.25, 0.3) is 0 Å². The zero-order valence-corrected chi connectivity index (χ0v) is 14.6. The highest BCUT2D eigenvalue weighted by molar-refractivity contribution is 7.90. The van der Waals surface area contributed by atoms with Crippen LogP contribution in [-0.2, 0) is 16.0 Å². The highest BCUT2D eigenvalue weighted by Crippen LogP contribution is 2.42. The second-order valence-corrected chi connectivity index (χ2v) is 7.60. The second-order valence-electron chi connectivity index (χ2n) is 4.94. The molecule has 0 aromatic heterocycles. The maximum Gasteiger partial charge on any atom is 0.417 e. The van der Waals surface area contributed by atoms with E-state index in [1.807, 2.05) is 0 Å². The Bertz CT molecular complexity index is 879. The average molecular weight is 394 g/mol. The van der Waals surface area contributed by atoms with Crippen LogP contribution in [0.15, 0.2) is 41.3 Å². The van der Waals surface area contributed by atoms with Gasteiger partial charge in [-0.3, -0.25) is 0 Å². The largest absolute Gasteiger partial charge is 0.417 e. The molecule has 2 rings (SSSR count). The van der Waals surface area contributed by atoms with Gasteiger partial charge < -0.3 is 5.32 Å².